The van der Waals surface area contributed by atoms with Crippen molar-refractivity contribution in [3.05, 3.63) is 146 Å². The van der Waals surface area contributed by atoms with E-state index in [0.29, 0.717) is 25.7 Å². The Balaban J connectivity index is 4.61. The van der Waals surface area contributed by atoms with Crippen LogP contribution in [-0.4, -0.2) is 37.2 Å². The van der Waals surface area contributed by atoms with E-state index in [4.69, 9.17) is 14.2 Å². The van der Waals surface area contributed by atoms with Crippen LogP contribution in [0, 0.1) is 0 Å². The molecule has 0 spiro atoms. The van der Waals surface area contributed by atoms with Crippen molar-refractivity contribution in [2.45, 2.75) is 162 Å². The standard InChI is InChI=1S/C54H80O6/c1-4-7-10-13-16-19-22-25-26-27-30-32-35-38-41-44-47-53(56)59-50-51(60-54(57)48-45-42-39-36-33-29-24-21-18-15-12-9-6-3)49-58-52(55)46-43-40-37-34-31-28-23-20-17-14-11-8-5-2/h7-12,14-21,23-26,28-29,31,33,36,39,51H,4-6,13,22,27,30,32,34-35,37-38,40-50H2,1-3H3/b10-7+,11-8+,12-9+,17-14+,18-15+,19-16+,23-20+,24-21+,26-25+,31-28+,33-29+,39-36+. The molecule has 0 heterocycles. The van der Waals surface area contributed by atoms with Gasteiger partial charge < -0.3 is 14.2 Å². The molecular weight excluding hydrogens is 745 g/mol. The summed E-state index contributed by atoms with van der Waals surface area (Å²) in [5, 5.41) is 0. The lowest BCUT2D eigenvalue weighted by Gasteiger charge is -2.18. The molecule has 0 aromatic rings. The minimum atomic E-state index is -0.842. The molecule has 0 saturated heterocycles. The van der Waals surface area contributed by atoms with Crippen LogP contribution >= 0.6 is 0 Å². The first-order chi connectivity index (χ1) is 29.5. The molecule has 1 unspecified atom stereocenters. The third kappa shape index (κ3) is 44.4. The maximum atomic E-state index is 12.7. The number of carbonyl (C=O) groups is 3. The predicted octanol–water partition coefficient (Wildman–Crippen LogP) is 14.9. The van der Waals surface area contributed by atoms with E-state index in [0.717, 1.165) is 83.5 Å². The second-order valence-corrected chi connectivity index (χ2v) is 14.4. The zero-order valence-electron chi connectivity index (χ0n) is 37.6. The Morgan fingerprint density at radius 1 is 0.350 bits per heavy atom. The topological polar surface area (TPSA) is 78.9 Å². The maximum Gasteiger partial charge on any atom is 0.306 e. The van der Waals surface area contributed by atoms with Gasteiger partial charge in [0, 0.05) is 19.3 Å². The highest BCUT2D eigenvalue weighted by atomic mass is 16.6. The smallest absolute Gasteiger partial charge is 0.306 e. The van der Waals surface area contributed by atoms with Gasteiger partial charge in [0.05, 0.1) is 0 Å². The van der Waals surface area contributed by atoms with Crippen molar-refractivity contribution in [3.63, 3.8) is 0 Å². The van der Waals surface area contributed by atoms with Crippen molar-refractivity contribution in [2.75, 3.05) is 13.2 Å². The van der Waals surface area contributed by atoms with Crippen LogP contribution in [0.3, 0.4) is 0 Å². The minimum absolute atomic E-state index is 0.134. The van der Waals surface area contributed by atoms with Crippen molar-refractivity contribution >= 4 is 17.9 Å². The largest absolute Gasteiger partial charge is 0.462 e. The number of carbonyl (C=O) groups excluding carboxylic acids is 3. The zero-order chi connectivity index (χ0) is 43.7. The third-order valence-electron chi connectivity index (χ3n) is 8.79. The second-order valence-electron chi connectivity index (χ2n) is 14.4. The summed E-state index contributed by atoms with van der Waals surface area (Å²) in [7, 11) is 0. The van der Waals surface area contributed by atoms with Crippen LogP contribution in [0.25, 0.3) is 0 Å². The van der Waals surface area contributed by atoms with Gasteiger partial charge in [0.25, 0.3) is 0 Å². The molecule has 0 aliphatic heterocycles. The first-order valence-electron chi connectivity index (χ1n) is 23.0. The van der Waals surface area contributed by atoms with Crippen LogP contribution < -0.4 is 0 Å². The maximum absolute atomic E-state index is 12.7. The van der Waals surface area contributed by atoms with Crippen LogP contribution in [0.2, 0.25) is 0 Å². The fourth-order valence-electron chi connectivity index (χ4n) is 5.44. The summed E-state index contributed by atoms with van der Waals surface area (Å²) in [5.41, 5.74) is 0. The van der Waals surface area contributed by atoms with Crippen molar-refractivity contribution in [1.82, 2.24) is 0 Å². The van der Waals surface area contributed by atoms with E-state index in [-0.39, 0.29) is 38.0 Å². The van der Waals surface area contributed by atoms with Crippen LogP contribution in [0.15, 0.2) is 146 Å². The summed E-state index contributed by atoms with van der Waals surface area (Å²) in [6.45, 7) is 6.09. The Morgan fingerprint density at radius 3 is 1.20 bits per heavy atom. The highest BCUT2D eigenvalue weighted by molar-refractivity contribution is 5.71. The molecule has 0 amide bonds. The van der Waals surface area contributed by atoms with Crippen molar-refractivity contribution in [2.24, 2.45) is 0 Å². The lowest BCUT2D eigenvalue weighted by molar-refractivity contribution is -0.167. The molecule has 0 aliphatic rings. The van der Waals surface area contributed by atoms with Gasteiger partial charge in [-0.15, -0.1) is 0 Å². The molecule has 0 rings (SSSR count). The number of hydrogen-bond donors (Lipinski definition) is 0. The average Bonchev–Trinajstić information content (AvgIpc) is 3.24. The summed E-state index contributed by atoms with van der Waals surface area (Å²) < 4.78 is 16.6. The highest BCUT2D eigenvalue weighted by Crippen LogP contribution is 2.11. The molecule has 0 bridgehead atoms. The summed E-state index contributed by atoms with van der Waals surface area (Å²) in [6, 6.07) is 0. The first kappa shape index (κ1) is 55.3. The molecular formula is C54H80O6. The molecule has 0 aliphatic carbocycles. The molecule has 60 heavy (non-hydrogen) atoms. The summed E-state index contributed by atoms with van der Waals surface area (Å²) in [5.74, 6) is -1.08. The monoisotopic (exact) mass is 825 g/mol. The third-order valence-corrected chi connectivity index (χ3v) is 8.79. The van der Waals surface area contributed by atoms with Gasteiger partial charge in [-0.25, -0.2) is 0 Å². The van der Waals surface area contributed by atoms with Crippen molar-refractivity contribution < 1.29 is 28.6 Å². The number of ether oxygens (including phenoxy) is 3. The van der Waals surface area contributed by atoms with E-state index >= 15 is 0 Å². The first-order valence-corrected chi connectivity index (χ1v) is 23.0. The molecule has 0 aromatic carbocycles. The van der Waals surface area contributed by atoms with E-state index in [9.17, 15) is 14.4 Å². The molecule has 6 nitrogen and oxygen atoms in total. The molecule has 0 aromatic heterocycles. The zero-order valence-corrected chi connectivity index (χ0v) is 37.6. The molecule has 0 radical (unpaired) electrons. The average molecular weight is 825 g/mol. The quantitative estimate of drug-likeness (QED) is 0.0203. The lowest BCUT2D eigenvalue weighted by Crippen LogP contribution is -2.30. The van der Waals surface area contributed by atoms with E-state index in [1.54, 1.807) is 0 Å². The summed E-state index contributed by atoms with van der Waals surface area (Å²) in [6.07, 6.45) is 66.9. The number of esters is 3. The molecule has 0 N–H and O–H groups in total. The fourth-order valence-corrected chi connectivity index (χ4v) is 5.44. The normalized spacial score (nSPS) is 13.4. The Labute approximate surface area is 366 Å². The van der Waals surface area contributed by atoms with E-state index in [1.807, 2.05) is 91.1 Å². The Bertz CT molecular complexity index is 1410. The van der Waals surface area contributed by atoms with Crippen LogP contribution in [0.1, 0.15) is 156 Å². The van der Waals surface area contributed by atoms with Gasteiger partial charge in [-0.1, -0.05) is 199 Å². The van der Waals surface area contributed by atoms with Gasteiger partial charge in [-0.05, 0) is 83.5 Å². The Kier molecular flexibility index (Phi) is 43.3. The number of rotatable bonds is 38. The molecule has 332 valence electrons. The fraction of sp³-hybridized carbons (Fsp3) is 0.500. The highest BCUT2D eigenvalue weighted by Gasteiger charge is 2.19. The van der Waals surface area contributed by atoms with Gasteiger partial charge in [0.2, 0.25) is 0 Å². The molecule has 6 heteroatoms. The minimum Gasteiger partial charge on any atom is -0.462 e. The molecule has 1 atom stereocenters. The molecule has 0 fully saturated rings. The number of allylic oxidation sites excluding steroid dienone is 24. The van der Waals surface area contributed by atoms with Gasteiger partial charge in [0.15, 0.2) is 6.10 Å². The van der Waals surface area contributed by atoms with Crippen LogP contribution in [-0.2, 0) is 28.6 Å². The van der Waals surface area contributed by atoms with Crippen molar-refractivity contribution in [3.8, 4) is 0 Å². The number of unbranched alkanes of at least 4 members (excludes halogenated alkanes) is 10. The van der Waals surface area contributed by atoms with Gasteiger partial charge in [-0.2, -0.15) is 0 Å². The van der Waals surface area contributed by atoms with Crippen molar-refractivity contribution in [1.29, 1.82) is 0 Å². The van der Waals surface area contributed by atoms with E-state index in [2.05, 4.69) is 75.5 Å². The predicted molar refractivity (Wildman–Crippen MR) is 255 cm³/mol. The summed E-state index contributed by atoms with van der Waals surface area (Å²) >= 11 is 0. The Morgan fingerprint density at radius 2 is 0.700 bits per heavy atom. The second kappa shape index (κ2) is 47.0. The van der Waals surface area contributed by atoms with Gasteiger partial charge in [-0.3, -0.25) is 14.4 Å². The Hall–Kier alpha value is -4.71. The lowest BCUT2D eigenvalue weighted by atomic mass is 10.1. The number of hydrogen-bond acceptors (Lipinski definition) is 6. The van der Waals surface area contributed by atoms with Gasteiger partial charge >= 0.3 is 17.9 Å². The SMILES string of the molecule is CC/C=C/C=C/C=C/C=C/C=C/CCCC(=O)OC(COC(=O)CCCCC/C=C/C=C/C=C/C=C/CC)COC(=O)CCCCCCCC/C=C/C/C=C/C/C=C/CC. The van der Waals surface area contributed by atoms with Gasteiger partial charge in [0.1, 0.15) is 13.2 Å². The summed E-state index contributed by atoms with van der Waals surface area (Å²) in [4.78, 5) is 37.8. The van der Waals surface area contributed by atoms with E-state index < -0.39 is 12.1 Å². The molecule has 0 saturated carbocycles. The van der Waals surface area contributed by atoms with E-state index in [1.165, 1.54) is 12.8 Å². The van der Waals surface area contributed by atoms with Crippen LogP contribution in [0.5, 0.6) is 0 Å². The van der Waals surface area contributed by atoms with Crippen LogP contribution in [0.4, 0.5) is 0 Å².